The van der Waals surface area contributed by atoms with Crippen LogP contribution in [0.15, 0.2) is 30.3 Å². The third-order valence-corrected chi connectivity index (χ3v) is 2.06. The van der Waals surface area contributed by atoms with Crippen molar-refractivity contribution >= 4 is 22.9 Å². The Bertz CT molecular complexity index is 371. The molecule has 0 fully saturated rings. The second-order valence-corrected chi connectivity index (χ2v) is 3.11. The number of ether oxygens (including phenoxy) is 1. The summed E-state index contributed by atoms with van der Waals surface area (Å²) in [5.41, 5.74) is 0.969. The first kappa shape index (κ1) is 8.32. The summed E-state index contributed by atoms with van der Waals surface area (Å²) in [7, 11) is 0. The summed E-state index contributed by atoms with van der Waals surface area (Å²) in [6.45, 7) is 0. The average molecular weight is 195 g/mol. The highest BCUT2D eigenvalue weighted by molar-refractivity contribution is 6.64. The largest absolute Gasteiger partial charge is 0.477 e. The molecule has 13 heavy (non-hydrogen) atoms. The predicted octanol–water partition coefficient (Wildman–Crippen LogP) is 2.23. The van der Waals surface area contributed by atoms with Crippen molar-refractivity contribution in [2.24, 2.45) is 0 Å². The van der Waals surface area contributed by atoms with Crippen molar-refractivity contribution < 1.29 is 9.53 Å². The highest BCUT2D eigenvalue weighted by atomic mass is 35.5. The zero-order chi connectivity index (χ0) is 9.26. The van der Waals surface area contributed by atoms with E-state index in [0.29, 0.717) is 5.75 Å². The fourth-order valence-corrected chi connectivity index (χ4v) is 1.33. The Labute approximate surface area is 80.8 Å². The Balaban J connectivity index is 2.34. The molecule has 0 spiro atoms. The van der Waals surface area contributed by atoms with Crippen LogP contribution in [0.5, 0.6) is 5.75 Å². The minimum Gasteiger partial charge on any atom is -0.477 e. The molecule has 1 heterocycles. The van der Waals surface area contributed by atoms with Gasteiger partial charge in [0.2, 0.25) is 0 Å². The lowest BCUT2D eigenvalue weighted by Crippen LogP contribution is -2.22. The molecule has 1 aliphatic heterocycles. The van der Waals surface area contributed by atoms with Gasteiger partial charge in [0.1, 0.15) is 5.75 Å². The van der Waals surface area contributed by atoms with Crippen molar-refractivity contribution in [2.75, 3.05) is 0 Å². The van der Waals surface area contributed by atoms with Gasteiger partial charge in [0.25, 0.3) is 5.24 Å². The lowest BCUT2D eigenvalue weighted by Gasteiger charge is -2.17. The summed E-state index contributed by atoms with van der Waals surface area (Å²) < 4.78 is 5.33. The van der Waals surface area contributed by atoms with Crippen LogP contribution in [0.4, 0.5) is 0 Å². The lowest BCUT2D eigenvalue weighted by molar-refractivity contribution is -0.116. The maximum absolute atomic E-state index is 10.8. The summed E-state index contributed by atoms with van der Waals surface area (Å²) >= 11 is 5.31. The van der Waals surface area contributed by atoms with E-state index in [1.165, 1.54) is 0 Å². The minimum atomic E-state index is -0.642. The number of carbonyl (C=O) groups excluding carboxylic acids is 1. The maximum atomic E-state index is 10.8. The Morgan fingerprint density at radius 3 is 2.92 bits per heavy atom. The van der Waals surface area contributed by atoms with Crippen LogP contribution >= 0.6 is 11.6 Å². The van der Waals surface area contributed by atoms with Gasteiger partial charge in [0, 0.05) is 5.56 Å². The van der Waals surface area contributed by atoms with Crippen LogP contribution in [0.2, 0.25) is 0 Å². The van der Waals surface area contributed by atoms with Crippen LogP contribution in [0.3, 0.4) is 0 Å². The highest BCUT2D eigenvalue weighted by Crippen LogP contribution is 2.25. The number of benzene rings is 1. The fourth-order valence-electron chi connectivity index (χ4n) is 1.21. The summed E-state index contributed by atoms with van der Waals surface area (Å²) in [6, 6.07) is 7.50. The minimum absolute atomic E-state index is 0.495. The van der Waals surface area contributed by atoms with Crippen LogP contribution in [0.25, 0.3) is 6.08 Å². The zero-order valence-electron chi connectivity index (χ0n) is 6.74. The van der Waals surface area contributed by atoms with E-state index in [4.69, 9.17) is 16.3 Å². The Hall–Kier alpha value is -1.28. The second kappa shape index (κ2) is 3.23. The van der Waals surface area contributed by atoms with Gasteiger partial charge in [0.05, 0.1) is 0 Å². The topological polar surface area (TPSA) is 26.3 Å². The molecular formula is C10H7ClO2. The molecule has 0 radical (unpaired) electrons. The second-order valence-electron chi connectivity index (χ2n) is 2.74. The molecule has 0 aliphatic carbocycles. The van der Waals surface area contributed by atoms with Crippen molar-refractivity contribution in [3.8, 4) is 5.75 Å². The van der Waals surface area contributed by atoms with Crippen LogP contribution in [-0.2, 0) is 4.79 Å². The number of para-hydroxylation sites is 1. The molecule has 0 saturated carbocycles. The Morgan fingerprint density at radius 1 is 1.38 bits per heavy atom. The number of hydrogen-bond donors (Lipinski definition) is 0. The standard InChI is InChI=1S/C10H7ClO2/c11-10(12)9-6-5-7-3-1-2-4-8(7)13-9/h1-6,9H. The van der Waals surface area contributed by atoms with Crippen LogP contribution in [0.1, 0.15) is 5.56 Å². The number of carbonyl (C=O) groups is 1. The van der Waals surface area contributed by atoms with Crippen molar-refractivity contribution in [1.29, 1.82) is 0 Å². The predicted molar refractivity (Wildman–Crippen MR) is 50.8 cm³/mol. The number of hydrogen-bond acceptors (Lipinski definition) is 2. The Morgan fingerprint density at radius 2 is 2.15 bits per heavy atom. The van der Waals surface area contributed by atoms with E-state index in [2.05, 4.69) is 0 Å². The summed E-state index contributed by atoms with van der Waals surface area (Å²) in [6.07, 6.45) is 2.85. The number of rotatable bonds is 1. The van der Waals surface area contributed by atoms with Gasteiger partial charge in [0.15, 0.2) is 6.10 Å². The molecule has 2 nitrogen and oxygen atoms in total. The van der Waals surface area contributed by atoms with E-state index in [1.54, 1.807) is 6.08 Å². The van der Waals surface area contributed by atoms with Gasteiger partial charge in [-0.25, -0.2) is 0 Å². The molecule has 0 amide bonds. The van der Waals surface area contributed by atoms with E-state index in [9.17, 15) is 4.79 Å². The van der Waals surface area contributed by atoms with Gasteiger partial charge in [-0.3, -0.25) is 4.79 Å². The molecule has 0 saturated heterocycles. The van der Waals surface area contributed by atoms with Gasteiger partial charge in [-0.15, -0.1) is 0 Å². The first-order valence-electron chi connectivity index (χ1n) is 3.90. The van der Waals surface area contributed by atoms with Crippen molar-refractivity contribution in [3.63, 3.8) is 0 Å². The molecule has 0 N–H and O–H groups in total. The quantitative estimate of drug-likeness (QED) is 0.641. The molecule has 0 bridgehead atoms. The lowest BCUT2D eigenvalue weighted by atomic mass is 10.1. The van der Waals surface area contributed by atoms with Gasteiger partial charge < -0.3 is 4.74 Å². The van der Waals surface area contributed by atoms with E-state index in [-0.39, 0.29) is 0 Å². The molecule has 66 valence electrons. The van der Waals surface area contributed by atoms with Crippen LogP contribution in [0, 0.1) is 0 Å². The van der Waals surface area contributed by atoms with Crippen LogP contribution < -0.4 is 4.74 Å². The van der Waals surface area contributed by atoms with E-state index in [1.807, 2.05) is 30.3 Å². The normalized spacial score (nSPS) is 19.0. The van der Waals surface area contributed by atoms with Crippen molar-refractivity contribution in [2.45, 2.75) is 6.10 Å². The summed E-state index contributed by atoms with van der Waals surface area (Å²) in [5.74, 6) is 0.698. The van der Waals surface area contributed by atoms with Crippen molar-refractivity contribution in [3.05, 3.63) is 35.9 Å². The van der Waals surface area contributed by atoms with Gasteiger partial charge in [-0.05, 0) is 23.7 Å². The fraction of sp³-hybridized carbons (Fsp3) is 0.100. The smallest absolute Gasteiger partial charge is 0.266 e. The maximum Gasteiger partial charge on any atom is 0.266 e. The molecule has 2 rings (SSSR count). The third kappa shape index (κ3) is 1.58. The molecule has 1 aliphatic rings. The molecule has 0 aromatic heterocycles. The average Bonchev–Trinajstić information content (AvgIpc) is 2.17. The molecule has 1 aromatic rings. The number of halogens is 1. The molecule has 1 atom stereocenters. The van der Waals surface area contributed by atoms with E-state index in [0.717, 1.165) is 5.56 Å². The van der Waals surface area contributed by atoms with E-state index < -0.39 is 11.3 Å². The first-order valence-corrected chi connectivity index (χ1v) is 4.28. The summed E-state index contributed by atoms with van der Waals surface area (Å²) in [4.78, 5) is 10.8. The summed E-state index contributed by atoms with van der Waals surface area (Å²) in [5, 5.41) is -0.495. The SMILES string of the molecule is O=C(Cl)C1C=Cc2ccccc2O1. The van der Waals surface area contributed by atoms with Crippen LogP contribution in [-0.4, -0.2) is 11.3 Å². The molecule has 1 aromatic carbocycles. The number of fused-ring (bicyclic) bond motifs is 1. The Kier molecular flexibility index (Phi) is 2.07. The van der Waals surface area contributed by atoms with Gasteiger partial charge in [-0.1, -0.05) is 24.3 Å². The zero-order valence-corrected chi connectivity index (χ0v) is 7.49. The highest BCUT2D eigenvalue weighted by Gasteiger charge is 2.19. The molecular weight excluding hydrogens is 188 g/mol. The van der Waals surface area contributed by atoms with Gasteiger partial charge >= 0.3 is 0 Å². The van der Waals surface area contributed by atoms with Crippen molar-refractivity contribution in [1.82, 2.24) is 0 Å². The monoisotopic (exact) mass is 194 g/mol. The van der Waals surface area contributed by atoms with Gasteiger partial charge in [-0.2, -0.15) is 0 Å². The molecule has 3 heteroatoms. The first-order chi connectivity index (χ1) is 6.27. The van der Waals surface area contributed by atoms with E-state index >= 15 is 0 Å². The third-order valence-electron chi connectivity index (χ3n) is 1.85. The molecule has 1 unspecified atom stereocenters.